The molecule has 92 valence electrons. The predicted octanol–water partition coefficient (Wildman–Crippen LogP) is 1.37. The van der Waals surface area contributed by atoms with E-state index in [4.69, 9.17) is 4.52 Å². The average molecular weight is 244 g/mol. The van der Waals surface area contributed by atoms with Gasteiger partial charge in [-0.1, -0.05) is 5.16 Å². The molecule has 0 spiro atoms. The molecule has 0 bridgehead atoms. The molecule has 0 fully saturated rings. The molecule has 2 N–H and O–H groups in total. The summed E-state index contributed by atoms with van der Waals surface area (Å²) < 4.78 is 6.93. The van der Waals surface area contributed by atoms with Gasteiger partial charge in [0.15, 0.2) is 17.2 Å². The van der Waals surface area contributed by atoms with Crippen molar-refractivity contribution >= 4 is 17.3 Å². The number of imidazole rings is 1. The minimum Gasteiger partial charge on any atom is -0.372 e. The number of nitrogens with one attached hydrogen (secondary N) is 2. The second kappa shape index (κ2) is 4.36. The van der Waals surface area contributed by atoms with Crippen molar-refractivity contribution in [2.75, 3.05) is 17.7 Å². The smallest absolute Gasteiger partial charge is 0.180 e. The van der Waals surface area contributed by atoms with Crippen molar-refractivity contribution in [1.82, 2.24) is 19.5 Å². The molecular weight excluding hydrogens is 232 g/mol. The maximum Gasteiger partial charge on any atom is 0.180 e. The minimum absolute atomic E-state index is 0.517. The van der Waals surface area contributed by atoms with Gasteiger partial charge >= 0.3 is 0 Å². The second-order valence-electron chi connectivity index (χ2n) is 3.72. The van der Waals surface area contributed by atoms with Crippen LogP contribution in [0.4, 0.5) is 11.6 Å². The summed E-state index contributed by atoms with van der Waals surface area (Å²) in [5, 5.41) is 9.84. The summed E-state index contributed by atoms with van der Waals surface area (Å²) in [6, 6.07) is 1.80. The summed E-state index contributed by atoms with van der Waals surface area (Å²) in [6.07, 6.45) is 7.09. The Morgan fingerprint density at radius 3 is 3.11 bits per heavy atom. The number of hydrogen-bond acceptors (Lipinski definition) is 6. The molecule has 0 aliphatic heterocycles. The first-order valence-electron chi connectivity index (χ1n) is 5.52. The van der Waals surface area contributed by atoms with E-state index in [9.17, 15) is 0 Å². The van der Waals surface area contributed by atoms with Crippen molar-refractivity contribution in [3.05, 3.63) is 36.6 Å². The minimum atomic E-state index is 0.517. The molecule has 0 aliphatic rings. The molecule has 0 saturated carbocycles. The van der Waals surface area contributed by atoms with E-state index in [1.54, 1.807) is 18.5 Å². The Kier molecular flexibility index (Phi) is 2.56. The van der Waals surface area contributed by atoms with Crippen molar-refractivity contribution in [2.24, 2.45) is 0 Å². The third-order valence-electron chi connectivity index (χ3n) is 2.55. The van der Waals surface area contributed by atoms with Gasteiger partial charge < -0.3 is 19.6 Å². The van der Waals surface area contributed by atoms with Gasteiger partial charge in [0.25, 0.3) is 0 Å². The van der Waals surface area contributed by atoms with Crippen LogP contribution in [0.15, 0.2) is 35.4 Å². The lowest BCUT2D eigenvalue weighted by Crippen LogP contribution is -2.05. The summed E-state index contributed by atoms with van der Waals surface area (Å²) in [5.41, 5.74) is 0.772. The van der Waals surface area contributed by atoms with E-state index >= 15 is 0 Å². The maximum absolute atomic E-state index is 5.02. The molecule has 7 nitrogen and oxygen atoms in total. The number of anilines is 2. The van der Waals surface area contributed by atoms with Crippen molar-refractivity contribution in [3.8, 4) is 0 Å². The van der Waals surface area contributed by atoms with Gasteiger partial charge in [0.05, 0.1) is 18.9 Å². The standard InChI is InChI=1S/C11H12N6O/c1-12-9-7-17-5-4-13-11(17)10(16-9)14-6-8-2-3-15-18-8/h2-5,7,12H,6H2,1H3,(H,14,16). The molecule has 0 radical (unpaired) electrons. The average Bonchev–Trinajstić information content (AvgIpc) is 3.06. The summed E-state index contributed by atoms with van der Waals surface area (Å²) in [7, 11) is 1.82. The number of fused-ring (bicyclic) bond motifs is 1. The predicted molar refractivity (Wildman–Crippen MR) is 66.4 cm³/mol. The fraction of sp³-hybridized carbons (Fsp3) is 0.182. The molecule has 3 aromatic rings. The quantitative estimate of drug-likeness (QED) is 0.721. The number of hydrogen-bond donors (Lipinski definition) is 2. The first kappa shape index (κ1) is 10.6. The molecular formula is C11H12N6O. The van der Waals surface area contributed by atoms with Crippen molar-refractivity contribution in [3.63, 3.8) is 0 Å². The van der Waals surface area contributed by atoms with Crippen molar-refractivity contribution in [2.45, 2.75) is 6.54 Å². The summed E-state index contributed by atoms with van der Waals surface area (Å²) in [4.78, 5) is 8.68. The van der Waals surface area contributed by atoms with Crippen LogP contribution in [0.5, 0.6) is 0 Å². The summed E-state index contributed by atoms with van der Waals surface area (Å²) >= 11 is 0. The van der Waals surface area contributed by atoms with E-state index in [1.165, 1.54) is 0 Å². The van der Waals surface area contributed by atoms with Gasteiger partial charge in [-0.2, -0.15) is 0 Å². The van der Waals surface area contributed by atoms with Crippen LogP contribution in [0.25, 0.3) is 5.65 Å². The Bertz CT molecular complexity index is 645. The topological polar surface area (TPSA) is 80.3 Å². The lowest BCUT2D eigenvalue weighted by Gasteiger charge is -2.07. The molecule has 18 heavy (non-hydrogen) atoms. The van der Waals surface area contributed by atoms with Gasteiger partial charge in [0.2, 0.25) is 0 Å². The zero-order valence-corrected chi connectivity index (χ0v) is 9.79. The molecule has 0 aliphatic carbocycles. The maximum atomic E-state index is 5.02. The Morgan fingerprint density at radius 1 is 1.39 bits per heavy atom. The first-order chi connectivity index (χ1) is 8.86. The highest BCUT2D eigenvalue weighted by Gasteiger charge is 2.07. The fourth-order valence-electron chi connectivity index (χ4n) is 1.67. The molecule has 0 aromatic carbocycles. The van der Waals surface area contributed by atoms with Crippen LogP contribution in [-0.2, 0) is 6.54 Å². The Hall–Kier alpha value is -2.57. The third-order valence-corrected chi connectivity index (χ3v) is 2.55. The van der Waals surface area contributed by atoms with E-state index in [0.29, 0.717) is 12.4 Å². The van der Waals surface area contributed by atoms with Gasteiger partial charge in [-0.15, -0.1) is 0 Å². The van der Waals surface area contributed by atoms with E-state index in [-0.39, 0.29) is 0 Å². The zero-order valence-electron chi connectivity index (χ0n) is 9.79. The molecule has 3 rings (SSSR count). The fourth-order valence-corrected chi connectivity index (χ4v) is 1.67. The summed E-state index contributed by atoms with van der Waals surface area (Å²) in [5.74, 6) is 2.21. The monoisotopic (exact) mass is 244 g/mol. The van der Waals surface area contributed by atoms with Gasteiger partial charge in [0, 0.05) is 25.5 Å². The number of rotatable bonds is 4. The zero-order chi connectivity index (χ0) is 12.4. The Morgan fingerprint density at radius 2 is 2.33 bits per heavy atom. The molecule has 3 heterocycles. The normalized spacial score (nSPS) is 10.7. The molecule has 3 aromatic heterocycles. The van der Waals surface area contributed by atoms with Crippen molar-refractivity contribution < 1.29 is 4.52 Å². The van der Waals surface area contributed by atoms with Crippen LogP contribution < -0.4 is 10.6 Å². The van der Waals surface area contributed by atoms with Crippen molar-refractivity contribution in [1.29, 1.82) is 0 Å². The molecule has 0 amide bonds. The lowest BCUT2D eigenvalue weighted by molar-refractivity contribution is 0.388. The summed E-state index contributed by atoms with van der Waals surface area (Å²) in [6.45, 7) is 0.517. The molecule has 0 atom stereocenters. The van der Waals surface area contributed by atoms with E-state index in [0.717, 1.165) is 17.2 Å². The van der Waals surface area contributed by atoms with Crippen LogP contribution >= 0.6 is 0 Å². The largest absolute Gasteiger partial charge is 0.372 e. The van der Waals surface area contributed by atoms with Crippen LogP contribution in [-0.4, -0.2) is 26.6 Å². The van der Waals surface area contributed by atoms with Gasteiger partial charge in [-0.05, 0) is 0 Å². The first-order valence-corrected chi connectivity index (χ1v) is 5.52. The van der Waals surface area contributed by atoms with Crippen LogP contribution in [0.1, 0.15) is 5.76 Å². The molecule has 0 unspecified atom stereocenters. The highest BCUT2D eigenvalue weighted by Crippen LogP contribution is 2.16. The lowest BCUT2D eigenvalue weighted by atomic mass is 10.4. The Labute approximate surface area is 103 Å². The highest BCUT2D eigenvalue weighted by atomic mass is 16.5. The van der Waals surface area contributed by atoms with Gasteiger partial charge in [-0.25, -0.2) is 9.97 Å². The van der Waals surface area contributed by atoms with Crippen LogP contribution in [0.2, 0.25) is 0 Å². The SMILES string of the molecule is CNc1cn2ccnc2c(NCc2ccno2)n1. The molecule has 7 heteroatoms. The number of nitrogens with zero attached hydrogens (tertiary/aromatic N) is 4. The third kappa shape index (κ3) is 1.86. The van der Waals surface area contributed by atoms with E-state index in [1.807, 2.05) is 23.8 Å². The molecule has 0 saturated heterocycles. The van der Waals surface area contributed by atoms with Crippen LogP contribution in [0, 0.1) is 0 Å². The second-order valence-corrected chi connectivity index (χ2v) is 3.72. The van der Waals surface area contributed by atoms with E-state index < -0.39 is 0 Å². The number of aromatic nitrogens is 4. The van der Waals surface area contributed by atoms with E-state index in [2.05, 4.69) is 25.8 Å². The van der Waals surface area contributed by atoms with Crippen LogP contribution in [0.3, 0.4) is 0 Å². The Balaban J connectivity index is 1.92. The van der Waals surface area contributed by atoms with Gasteiger partial charge in [-0.3, -0.25) is 0 Å². The highest BCUT2D eigenvalue weighted by molar-refractivity contribution is 5.65. The van der Waals surface area contributed by atoms with Gasteiger partial charge in [0.1, 0.15) is 5.82 Å².